The molecule has 0 fully saturated rings. The van der Waals surface area contributed by atoms with E-state index in [0.717, 1.165) is 0 Å². The van der Waals surface area contributed by atoms with Crippen LogP contribution in [-0.2, 0) is 9.53 Å². The highest BCUT2D eigenvalue weighted by Crippen LogP contribution is 2.15. The monoisotopic (exact) mass is 417 g/mol. The number of benzene rings is 2. The molecule has 0 aliphatic rings. The molecule has 0 aliphatic carbocycles. The van der Waals surface area contributed by atoms with E-state index in [1.165, 1.54) is 24.1 Å². The number of carbonyl (C=O) groups is 3. The van der Waals surface area contributed by atoms with Crippen molar-refractivity contribution in [1.82, 2.24) is 10.2 Å². The topological polar surface area (TPSA) is 97.0 Å². The lowest BCUT2D eigenvalue weighted by Crippen LogP contribution is -2.34. The van der Waals surface area contributed by atoms with E-state index >= 15 is 0 Å². The number of anilines is 1. The number of esters is 1. The van der Waals surface area contributed by atoms with Gasteiger partial charge in [-0.25, -0.2) is 9.18 Å². The fraction of sp³-hybridized carbons (Fsp3) is 0.286. The van der Waals surface area contributed by atoms with Crippen LogP contribution in [-0.4, -0.2) is 56.7 Å². The molecule has 8 nitrogen and oxygen atoms in total. The van der Waals surface area contributed by atoms with E-state index in [1.807, 2.05) is 0 Å². The van der Waals surface area contributed by atoms with Gasteiger partial charge >= 0.3 is 12.0 Å². The third-order valence-corrected chi connectivity index (χ3v) is 4.11. The van der Waals surface area contributed by atoms with Crippen LogP contribution in [0.2, 0.25) is 0 Å². The van der Waals surface area contributed by atoms with Crippen molar-refractivity contribution in [2.24, 2.45) is 0 Å². The Labute approximate surface area is 174 Å². The number of urea groups is 1. The average molecular weight is 417 g/mol. The standard InChI is InChI=1S/C21H24FN3O5/c1-25(13-14-30-18-6-4-3-5-17(18)22)21(28)24-16-9-7-15(8-10-16)20(27)23-12-11-19(26)29-2/h3-10H,11-14H2,1-2H3,(H,23,27)(H,24,28). The van der Waals surface area contributed by atoms with Gasteiger partial charge in [0.15, 0.2) is 11.6 Å². The molecule has 30 heavy (non-hydrogen) atoms. The molecule has 2 N–H and O–H groups in total. The summed E-state index contributed by atoms with van der Waals surface area (Å²) in [7, 11) is 2.87. The zero-order valence-electron chi connectivity index (χ0n) is 16.8. The minimum Gasteiger partial charge on any atom is -0.489 e. The molecule has 160 valence electrons. The highest BCUT2D eigenvalue weighted by Gasteiger charge is 2.11. The summed E-state index contributed by atoms with van der Waals surface area (Å²) in [5.41, 5.74) is 0.900. The Morgan fingerprint density at radius 2 is 1.77 bits per heavy atom. The molecule has 0 atom stereocenters. The van der Waals surface area contributed by atoms with Gasteiger partial charge in [-0.1, -0.05) is 12.1 Å². The van der Waals surface area contributed by atoms with Gasteiger partial charge in [-0.2, -0.15) is 0 Å². The van der Waals surface area contributed by atoms with E-state index in [2.05, 4.69) is 15.4 Å². The molecular weight excluding hydrogens is 393 g/mol. The molecule has 0 unspecified atom stereocenters. The molecule has 0 bridgehead atoms. The zero-order chi connectivity index (χ0) is 21.9. The van der Waals surface area contributed by atoms with E-state index in [9.17, 15) is 18.8 Å². The third-order valence-electron chi connectivity index (χ3n) is 4.11. The Hall–Kier alpha value is -3.62. The molecule has 0 aromatic heterocycles. The summed E-state index contributed by atoms with van der Waals surface area (Å²) in [6.45, 7) is 0.556. The van der Waals surface area contributed by atoms with Crippen molar-refractivity contribution in [3.8, 4) is 5.75 Å². The third kappa shape index (κ3) is 7.08. The second-order valence-electron chi connectivity index (χ2n) is 6.29. The van der Waals surface area contributed by atoms with Gasteiger partial charge in [-0.05, 0) is 36.4 Å². The van der Waals surface area contributed by atoms with Gasteiger partial charge in [-0.15, -0.1) is 0 Å². The minimum absolute atomic E-state index is 0.0867. The lowest BCUT2D eigenvalue weighted by molar-refractivity contribution is -0.140. The lowest BCUT2D eigenvalue weighted by Gasteiger charge is -2.18. The first-order valence-corrected chi connectivity index (χ1v) is 9.25. The van der Waals surface area contributed by atoms with Crippen LogP contribution in [0.15, 0.2) is 48.5 Å². The first-order chi connectivity index (χ1) is 14.4. The van der Waals surface area contributed by atoms with Crippen molar-refractivity contribution in [3.63, 3.8) is 0 Å². The van der Waals surface area contributed by atoms with Crippen LogP contribution in [0.3, 0.4) is 0 Å². The highest BCUT2D eigenvalue weighted by molar-refractivity contribution is 5.95. The normalized spacial score (nSPS) is 10.1. The molecule has 2 aromatic rings. The van der Waals surface area contributed by atoms with Crippen molar-refractivity contribution < 1.29 is 28.2 Å². The van der Waals surface area contributed by atoms with E-state index in [0.29, 0.717) is 11.3 Å². The summed E-state index contributed by atoms with van der Waals surface area (Å²) >= 11 is 0. The predicted molar refractivity (Wildman–Crippen MR) is 109 cm³/mol. The van der Waals surface area contributed by atoms with Crippen LogP contribution in [0.4, 0.5) is 14.9 Å². The molecule has 0 spiro atoms. The number of rotatable bonds is 9. The zero-order valence-corrected chi connectivity index (χ0v) is 16.8. The summed E-state index contributed by atoms with van der Waals surface area (Å²) < 4.78 is 23.3. The van der Waals surface area contributed by atoms with Crippen LogP contribution in [0.25, 0.3) is 0 Å². The molecule has 2 rings (SSSR count). The summed E-state index contributed by atoms with van der Waals surface area (Å²) in [5.74, 6) is -1.07. The second kappa shape index (κ2) is 11.4. The molecule has 0 heterocycles. The van der Waals surface area contributed by atoms with Crippen molar-refractivity contribution in [2.45, 2.75) is 6.42 Å². The Morgan fingerprint density at radius 3 is 2.43 bits per heavy atom. The fourth-order valence-corrected chi connectivity index (χ4v) is 2.36. The maximum absolute atomic E-state index is 13.5. The van der Waals surface area contributed by atoms with Crippen LogP contribution in [0, 0.1) is 5.82 Å². The molecule has 0 radical (unpaired) electrons. The number of hydrogen-bond donors (Lipinski definition) is 2. The highest BCUT2D eigenvalue weighted by atomic mass is 19.1. The number of para-hydroxylation sites is 1. The van der Waals surface area contributed by atoms with Gasteiger partial charge in [0.05, 0.1) is 20.1 Å². The number of carbonyl (C=O) groups excluding carboxylic acids is 3. The summed E-state index contributed by atoms with van der Waals surface area (Å²) in [6, 6.07) is 12.0. The molecular formula is C21H24FN3O5. The van der Waals surface area contributed by atoms with E-state index in [-0.39, 0.29) is 43.8 Å². The minimum atomic E-state index is -0.459. The Balaban J connectivity index is 1.77. The number of hydrogen-bond acceptors (Lipinski definition) is 5. The number of nitrogens with one attached hydrogen (secondary N) is 2. The predicted octanol–water partition coefficient (Wildman–Crippen LogP) is 2.66. The van der Waals surface area contributed by atoms with Crippen LogP contribution in [0.1, 0.15) is 16.8 Å². The second-order valence-corrected chi connectivity index (χ2v) is 6.29. The molecule has 0 aliphatic heterocycles. The Bertz CT molecular complexity index is 873. The maximum Gasteiger partial charge on any atom is 0.321 e. The largest absolute Gasteiger partial charge is 0.489 e. The number of amides is 3. The van der Waals surface area contributed by atoms with Crippen LogP contribution >= 0.6 is 0 Å². The SMILES string of the molecule is COC(=O)CCNC(=O)c1ccc(NC(=O)N(C)CCOc2ccccc2F)cc1. The summed E-state index contributed by atoms with van der Waals surface area (Å²) in [6.07, 6.45) is 0.0867. The first-order valence-electron chi connectivity index (χ1n) is 9.25. The number of ether oxygens (including phenoxy) is 2. The quantitative estimate of drug-likeness (QED) is 0.612. The van der Waals surface area contributed by atoms with Gasteiger partial charge in [-0.3, -0.25) is 9.59 Å². The van der Waals surface area contributed by atoms with E-state index in [1.54, 1.807) is 43.4 Å². The fourth-order valence-electron chi connectivity index (χ4n) is 2.36. The number of halogens is 1. The number of nitrogens with zero attached hydrogens (tertiary/aromatic N) is 1. The molecule has 0 saturated carbocycles. The van der Waals surface area contributed by atoms with Gasteiger partial charge in [0, 0.05) is 24.8 Å². The lowest BCUT2D eigenvalue weighted by atomic mass is 10.2. The summed E-state index contributed by atoms with van der Waals surface area (Å²) in [4.78, 5) is 36.7. The number of methoxy groups -OCH3 is 1. The first kappa shape index (κ1) is 22.7. The molecule has 0 saturated heterocycles. The van der Waals surface area contributed by atoms with Crippen molar-refractivity contribution in [2.75, 3.05) is 39.2 Å². The molecule has 9 heteroatoms. The molecule has 3 amide bonds. The van der Waals surface area contributed by atoms with Crippen molar-refractivity contribution in [3.05, 3.63) is 59.9 Å². The van der Waals surface area contributed by atoms with Crippen molar-refractivity contribution in [1.29, 1.82) is 0 Å². The van der Waals surface area contributed by atoms with Gasteiger partial charge < -0.3 is 25.0 Å². The maximum atomic E-state index is 13.5. The smallest absolute Gasteiger partial charge is 0.321 e. The Kier molecular flexibility index (Phi) is 8.61. The Morgan fingerprint density at radius 1 is 1.07 bits per heavy atom. The average Bonchev–Trinajstić information content (AvgIpc) is 2.75. The number of likely N-dealkylation sites (N-methyl/N-ethyl adjacent to an activating group) is 1. The van der Waals surface area contributed by atoms with E-state index < -0.39 is 11.8 Å². The summed E-state index contributed by atoms with van der Waals surface area (Å²) in [5, 5.41) is 5.31. The molecule has 2 aromatic carbocycles. The van der Waals surface area contributed by atoms with E-state index in [4.69, 9.17) is 4.74 Å². The van der Waals surface area contributed by atoms with Crippen LogP contribution < -0.4 is 15.4 Å². The van der Waals surface area contributed by atoms with Gasteiger partial charge in [0.1, 0.15) is 6.61 Å². The van der Waals surface area contributed by atoms with Crippen LogP contribution in [0.5, 0.6) is 5.75 Å². The van der Waals surface area contributed by atoms with Gasteiger partial charge in [0.25, 0.3) is 5.91 Å². The van der Waals surface area contributed by atoms with Gasteiger partial charge in [0.2, 0.25) is 0 Å². The van der Waals surface area contributed by atoms with Crippen molar-refractivity contribution >= 4 is 23.6 Å².